The molecule has 2 aliphatic rings. The molecule has 4 atom stereocenters. The number of aryl methyl sites for hydroxylation is 1. The van der Waals surface area contributed by atoms with Crippen molar-refractivity contribution >= 4 is 11.3 Å². The number of phenols is 1. The lowest BCUT2D eigenvalue weighted by molar-refractivity contribution is -0.0756. The number of alkyl halides is 2. The first-order chi connectivity index (χ1) is 14.9. The van der Waals surface area contributed by atoms with Crippen molar-refractivity contribution in [3.05, 3.63) is 36.2 Å². The molecule has 7 nitrogen and oxygen atoms in total. The monoisotopic (exact) mass is 447 g/mol. The smallest absolute Gasteiger partial charge is 0.294 e. The van der Waals surface area contributed by atoms with E-state index in [1.54, 1.807) is 23.9 Å². The Balaban J connectivity index is 1.32. The number of hydrogen-bond acceptors (Lipinski definition) is 7. The summed E-state index contributed by atoms with van der Waals surface area (Å²) in [5.74, 6) is 0.0581. The van der Waals surface area contributed by atoms with E-state index in [9.17, 15) is 13.9 Å². The number of fused-ring (bicyclic) bond motifs is 2. The van der Waals surface area contributed by atoms with E-state index in [4.69, 9.17) is 4.74 Å². The zero-order valence-electron chi connectivity index (χ0n) is 17.2. The van der Waals surface area contributed by atoms with Crippen molar-refractivity contribution in [1.29, 1.82) is 0 Å². The molecule has 3 aromatic rings. The van der Waals surface area contributed by atoms with Gasteiger partial charge in [0.2, 0.25) is 0 Å². The summed E-state index contributed by atoms with van der Waals surface area (Å²) in [5, 5.41) is 23.9. The number of phenolic OH excluding ortho intramolecular Hbond substituents is 1. The number of rotatable bonds is 4. The molecule has 10 heteroatoms. The highest BCUT2D eigenvalue weighted by molar-refractivity contribution is 7.16. The fraction of sp³-hybridized carbons (Fsp3) is 0.476. The molecule has 2 saturated heterocycles. The quantitative estimate of drug-likeness (QED) is 0.657. The molecule has 0 radical (unpaired) electrons. The van der Waals surface area contributed by atoms with E-state index >= 15 is 0 Å². The van der Waals surface area contributed by atoms with Gasteiger partial charge in [0.15, 0.2) is 5.01 Å². The standard InChI is InChI=1S/C21H23F2N5O2S/c1-11-5-6-28(26-11)12-3-4-14(19(29)7-12)20-24-25-21(31-20)30-13-8-17-15(22)10-16(23)18(9-13)27(17)2/h3-7,13,15-18,29H,8-10H2,1-2H3. The highest BCUT2D eigenvalue weighted by Gasteiger charge is 2.47. The van der Waals surface area contributed by atoms with Crippen LogP contribution in [-0.4, -0.2) is 67.6 Å². The Kier molecular flexibility index (Phi) is 5.13. The number of piperidine rings is 2. The van der Waals surface area contributed by atoms with Crippen LogP contribution in [0.25, 0.3) is 16.3 Å². The van der Waals surface area contributed by atoms with Gasteiger partial charge >= 0.3 is 0 Å². The zero-order valence-corrected chi connectivity index (χ0v) is 18.0. The summed E-state index contributed by atoms with van der Waals surface area (Å²) in [7, 11) is 1.78. The Morgan fingerprint density at radius 3 is 2.48 bits per heavy atom. The molecular formula is C21H23F2N5O2S. The molecule has 0 saturated carbocycles. The third-order valence-corrected chi connectivity index (χ3v) is 7.06. The first-order valence-corrected chi connectivity index (χ1v) is 11.1. The Morgan fingerprint density at radius 2 is 1.84 bits per heavy atom. The fourth-order valence-electron chi connectivity index (χ4n) is 4.56. The van der Waals surface area contributed by atoms with Gasteiger partial charge in [0.25, 0.3) is 5.19 Å². The second-order valence-electron chi connectivity index (χ2n) is 8.26. The van der Waals surface area contributed by atoms with Gasteiger partial charge < -0.3 is 9.84 Å². The highest BCUT2D eigenvalue weighted by atomic mass is 32.1. The van der Waals surface area contributed by atoms with Crippen LogP contribution in [0, 0.1) is 6.92 Å². The topological polar surface area (TPSA) is 76.3 Å². The van der Waals surface area contributed by atoms with E-state index < -0.39 is 12.3 Å². The Bertz CT molecular complexity index is 1070. The van der Waals surface area contributed by atoms with E-state index in [1.807, 2.05) is 30.2 Å². The van der Waals surface area contributed by atoms with Crippen molar-refractivity contribution in [2.45, 2.75) is 56.7 Å². The van der Waals surface area contributed by atoms with Gasteiger partial charge in [-0.05, 0) is 32.2 Å². The molecule has 5 rings (SSSR count). The lowest BCUT2D eigenvalue weighted by Crippen LogP contribution is -2.61. The van der Waals surface area contributed by atoms with Gasteiger partial charge in [0, 0.05) is 43.6 Å². The summed E-state index contributed by atoms with van der Waals surface area (Å²) in [4.78, 5) is 1.81. The predicted octanol–water partition coefficient (Wildman–Crippen LogP) is 3.69. The highest BCUT2D eigenvalue weighted by Crippen LogP contribution is 2.39. The van der Waals surface area contributed by atoms with E-state index in [0.717, 1.165) is 11.4 Å². The zero-order chi connectivity index (χ0) is 21.7. The molecule has 0 aliphatic carbocycles. The SMILES string of the molecule is Cc1ccn(-c2ccc(-c3nnc(OC4CC5C(F)CC(F)C(C4)N5C)s3)c(O)c2)n1. The molecule has 2 aromatic heterocycles. The molecule has 164 valence electrons. The average molecular weight is 448 g/mol. The summed E-state index contributed by atoms with van der Waals surface area (Å²) >= 11 is 1.20. The lowest BCUT2D eigenvalue weighted by atomic mass is 9.81. The van der Waals surface area contributed by atoms with Crippen molar-refractivity contribution in [3.8, 4) is 27.2 Å². The van der Waals surface area contributed by atoms with Gasteiger partial charge in [-0.25, -0.2) is 13.5 Å². The number of benzene rings is 1. The van der Waals surface area contributed by atoms with Crippen LogP contribution >= 0.6 is 11.3 Å². The van der Waals surface area contributed by atoms with Gasteiger partial charge in [-0.2, -0.15) is 5.10 Å². The second-order valence-corrected chi connectivity index (χ2v) is 9.20. The van der Waals surface area contributed by atoms with Gasteiger partial charge in [-0.15, -0.1) is 5.10 Å². The number of ether oxygens (including phenoxy) is 1. The molecule has 0 spiro atoms. The van der Waals surface area contributed by atoms with Crippen molar-refractivity contribution < 1.29 is 18.6 Å². The normalized spacial score (nSPS) is 28.6. The van der Waals surface area contributed by atoms with E-state index in [-0.39, 0.29) is 30.4 Å². The third kappa shape index (κ3) is 3.78. The summed E-state index contributed by atoms with van der Waals surface area (Å²) < 4.78 is 36.2. The number of aromatic nitrogens is 4. The Hall–Kier alpha value is -2.59. The summed E-state index contributed by atoms with van der Waals surface area (Å²) in [5.41, 5.74) is 2.15. The molecule has 2 aliphatic heterocycles. The van der Waals surface area contributed by atoms with Crippen LogP contribution in [0.1, 0.15) is 25.0 Å². The Labute approximate surface area is 182 Å². The minimum Gasteiger partial charge on any atom is -0.507 e. The minimum atomic E-state index is -1.19. The maximum atomic E-state index is 14.3. The lowest BCUT2D eigenvalue weighted by Gasteiger charge is -2.49. The van der Waals surface area contributed by atoms with Crippen LogP contribution in [0.2, 0.25) is 0 Å². The molecule has 0 amide bonds. The number of aromatic hydroxyl groups is 1. The fourth-order valence-corrected chi connectivity index (χ4v) is 5.35. The second kappa shape index (κ2) is 7.83. The van der Waals surface area contributed by atoms with Gasteiger partial charge in [0.05, 0.1) is 16.9 Å². The number of halogens is 2. The van der Waals surface area contributed by atoms with Crippen molar-refractivity contribution in [1.82, 2.24) is 24.9 Å². The summed E-state index contributed by atoms with van der Waals surface area (Å²) in [6, 6.07) is 6.41. The molecular weight excluding hydrogens is 424 g/mol. The predicted molar refractivity (Wildman–Crippen MR) is 112 cm³/mol. The molecule has 2 fully saturated rings. The van der Waals surface area contributed by atoms with Crippen LogP contribution in [0.4, 0.5) is 8.78 Å². The maximum absolute atomic E-state index is 14.3. The minimum absolute atomic E-state index is 0.0390. The van der Waals surface area contributed by atoms with Crippen LogP contribution in [0.15, 0.2) is 30.5 Å². The van der Waals surface area contributed by atoms with Gasteiger partial charge in [-0.1, -0.05) is 16.4 Å². The summed E-state index contributed by atoms with van der Waals surface area (Å²) in [6.45, 7) is 1.90. The van der Waals surface area contributed by atoms with Crippen molar-refractivity contribution in [2.24, 2.45) is 0 Å². The number of hydrogen-bond donors (Lipinski definition) is 1. The molecule has 2 bridgehead atoms. The van der Waals surface area contributed by atoms with Crippen molar-refractivity contribution in [3.63, 3.8) is 0 Å². The van der Waals surface area contributed by atoms with E-state index in [0.29, 0.717) is 28.6 Å². The first kappa shape index (κ1) is 20.3. The summed E-state index contributed by atoms with van der Waals surface area (Å²) in [6.07, 6.45) is 0.0497. The van der Waals surface area contributed by atoms with Crippen molar-refractivity contribution in [2.75, 3.05) is 7.05 Å². The van der Waals surface area contributed by atoms with E-state index in [2.05, 4.69) is 15.3 Å². The van der Waals surface area contributed by atoms with Crippen LogP contribution in [-0.2, 0) is 0 Å². The Morgan fingerprint density at radius 1 is 1.10 bits per heavy atom. The molecule has 4 heterocycles. The number of nitrogens with zero attached hydrogens (tertiary/aromatic N) is 5. The largest absolute Gasteiger partial charge is 0.507 e. The van der Waals surface area contributed by atoms with Gasteiger partial charge in [0.1, 0.15) is 24.2 Å². The van der Waals surface area contributed by atoms with Crippen LogP contribution in [0.5, 0.6) is 10.9 Å². The first-order valence-electron chi connectivity index (χ1n) is 10.3. The molecule has 4 unspecified atom stereocenters. The third-order valence-electron chi connectivity index (χ3n) is 6.21. The van der Waals surface area contributed by atoms with Gasteiger partial charge in [-0.3, -0.25) is 4.90 Å². The van der Waals surface area contributed by atoms with E-state index in [1.165, 1.54) is 11.3 Å². The average Bonchev–Trinajstić information content (AvgIpc) is 3.36. The molecule has 1 N–H and O–H groups in total. The maximum Gasteiger partial charge on any atom is 0.294 e. The van der Waals surface area contributed by atoms with Crippen LogP contribution in [0.3, 0.4) is 0 Å². The molecule has 1 aromatic carbocycles. The molecule has 31 heavy (non-hydrogen) atoms. The van der Waals surface area contributed by atoms with Crippen LogP contribution < -0.4 is 4.74 Å².